The number of fused-ring (bicyclic) bond motifs is 3. The van der Waals surface area contributed by atoms with Crippen LogP contribution in [-0.4, -0.2) is 136 Å². The highest BCUT2D eigenvalue weighted by atomic mass is 32.1. The maximum Gasteiger partial charge on any atom is 0.416 e. The third-order valence-electron chi connectivity index (χ3n) is 15.7. The molecule has 0 radical (unpaired) electrons. The highest BCUT2D eigenvalue weighted by molar-refractivity contribution is 7.13. The molecule has 390 valence electrons. The number of piperidine rings is 2. The van der Waals surface area contributed by atoms with Gasteiger partial charge >= 0.3 is 6.09 Å². The van der Waals surface area contributed by atoms with Gasteiger partial charge in [-0.05, 0) is 105 Å². The average molecular weight is 1040 g/mol. The molecule has 75 heavy (non-hydrogen) atoms. The van der Waals surface area contributed by atoms with Gasteiger partial charge in [-0.15, -0.1) is 21.5 Å². The molecule has 4 N–H and O–H groups in total. The molecule has 3 saturated heterocycles. The smallest absolute Gasteiger partial charge is 0.416 e. The highest BCUT2D eigenvalue weighted by Gasteiger charge is 2.44. The maximum absolute atomic E-state index is 14.2. The van der Waals surface area contributed by atoms with Crippen LogP contribution in [0.25, 0.3) is 32.7 Å². The fourth-order valence-corrected chi connectivity index (χ4v) is 12.4. The van der Waals surface area contributed by atoms with Crippen LogP contribution in [0.3, 0.4) is 0 Å². The zero-order chi connectivity index (χ0) is 51.9. The number of phenolic OH excluding ortho intramolecular Hbond substituents is 1. The lowest BCUT2D eigenvalue weighted by atomic mass is 9.89. The molecule has 4 atom stereocenters. The predicted octanol–water partition coefficient (Wildman–Crippen LogP) is 7.52. The first-order chi connectivity index (χ1) is 36.4. The van der Waals surface area contributed by atoms with Crippen molar-refractivity contribution < 1.29 is 33.9 Å². The zero-order valence-electron chi connectivity index (χ0n) is 42.6. The summed E-state index contributed by atoms with van der Waals surface area (Å²) in [5.74, 6) is -0.405. The number of likely N-dealkylation sites (tertiary alicyclic amines) is 3. The van der Waals surface area contributed by atoms with E-state index in [1.807, 2.05) is 81.1 Å². The second-order valence-corrected chi connectivity index (χ2v) is 21.6. The van der Waals surface area contributed by atoms with Crippen LogP contribution in [0.4, 0.5) is 10.7 Å². The summed E-state index contributed by atoms with van der Waals surface area (Å²) in [5, 5.41) is 38.0. The number of anilines is 1. The van der Waals surface area contributed by atoms with Crippen molar-refractivity contribution in [2.75, 3.05) is 44.2 Å². The zero-order valence-corrected chi connectivity index (χ0v) is 43.4. The number of phenols is 1. The summed E-state index contributed by atoms with van der Waals surface area (Å²) in [4.78, 5) is 67.9. The van der Waals surface area contributed by atoms with E-state index in [0.717, 1.165) is 101 Å². The first-order valence-electron chi connectivity index (χ1n) is 26.0. The second-order valence-electron chi connectivity index (χ2n) is 20.7. The lowest BCUT2D eigenvalue weighted by Gasteiger charge is -2.41. The summed E-state index contributed by atoms with van der Waals surface area (Å²) >= 11 is 1.58. The number of aromatic amines is 1. The van der Waals surface area contributed by atoms with Crippen molar-refractivity contribution in [1.82, 2.24) is 55.3 Å². The summed E-state index contributed by atoms with van der Waals surface area (Å²) in [6.45, 7) is 11.9. The minimum Gasteiger partial charge on any atom is -0.507 e. The molecule has 5 aromatic heterocycles. The van der Waals surface area contributed by atoms with Gasteiger partial charge < -0.3 is 49.4 Å². The third-order valence-corrected chi connectivity index (χ3v) is 16.7. The lowest BCUT2D eigenvalue weighted by Crippen LogP contribution is -2.49. The lowest BCUT2D eigenvalue weighted by molar-refractivity contribution is -0.141. The fourth-order valence-electron chi connectivity index (χ4n) is 11.6. The van der Waals surface area contributed by atoms with Gasteiger partial charge in [-0.2, -0.15) is 0 Å². The first-order valence-corrected chi connectivity index (χ1v) is 26.9. The number of rotatable bonds is 12. The molecule has 4 aliphatic rings. The van der Waals surface area contributed by atoms with E-state index in [-0.39, 0.29) is 60.7 Å². The summed E-state index contributed by atoms with van der Waals surface area (Å²) in [6.07, 6.45) is 7.13. The number of hydrogen-bond acceptors (Lipinski definition) is 16. The molecule has 4 aliphatic heterocycles. The Morgan fingerprint density at radius 2 is 1.71 bits per heavy atom. The summed E-state index contributed by atoms with van der Waals surface area (Å²) in [6, 6.07) is 18.0. The van der Waals surface area contributed by atoms with Gasteiger partial charge in [0.25, 0.3) is 5.88 Å². The van der Waals surface area contributed by atoms with E-state index in [0.29, 0.717) is 42.3 Å². The van der Waals surface area contributed by atoms with Crippen LogP contribution >= 0.6 is 11.3 Å². The number of amides is 3. The Balaban J connectivity index is 0.644. The van der Waals surface area contributed by atoms with Crippen LogP contribution in [-0.2, 0) is 22.6 Å². The van der Waals surface area contributed by atoms with Crippen molar-refractivity contribution in [2.45, 2.75) is 109 Å². The number of aromatic hydroxyl groups is 1. The number of aliphatic hydroxyl groups is 1. The van der Waals surface area contributed by atoms with Crippen LogP contribution in [0, 0.1) is 12.8 Å². The molecule has 0 bridgehead atoms. The fraction of sp³-hybridized carbons (Fsp3) is 0.436. The molecule has 0 spiro atoms. The van der Waals surface area contributed by atoms with Gasteiger partial charge in [0.05, 0.1) is 33.9 Å². The van der Waals surface area contributed by atoms with E-state index in [9.17, 15) is 24.6 Å². The van der Waals surface area contributed by atoms with Gasteiger partial charge in [0.2, 0.25) is 17.8 Å². The molecule has 7 aromatic rings. The van der Waals surface area contributed by atoms with Gasteiger partial charge in [0.1, 0.15) is 17.7 Å². The van der Waals surface area contributed by atoms with Gasteiger partial charge in [0.15, 0.2) is 11.4 Å². The predicted molar refractivity (Wildman–Crippen MR) is 281 cm³/mol. The minimum absolute atomic E-state index is 0.00316. The van der Waals surface area contributed by atoms with Crippen LogP contribution in [0.5, 0.6) is 11.6 Å². The molecule has 3 fully saturated rings. The average Bonchev–Trinajstić information content (AvgIpc) is 4.25. The number of aliphatic hydroxyl groups excluding tert-OH is 1. The molecule has 20 heteroatoms. The molecule has 11 rings (SSSR count). The monoisotopic (exact) mass is 1030 g/mol. The quantitative estimate of drug-likeness (QED) is 0.0927. The number of benzene rings is 2. The molecule has 0 unspecified atom stereocenters. The van der Waals surface area contributed by atoms with Gasteiger partial charge in [-0.3, -0.25) is 9.59 Å². The number of para-hydroxylation sites is 1. The van der Waals surface area contributed by atoms with E-state index in [2.05, 4.69) is 47.4 Å². The van der Waals surface area contributed by atoms with E-state index in [1.165, 1.54) is 11.0 Å². The van der Waals surface area contributed by atoms with Gasteiger partial charge in [0, 0.05) is 92.3 Å². The van der Waals surface area contributed by atoms with E-state index in [4.69, 9.17) is 19.2 Å². The van der Waals surface area contributed by atoms with Crippen molar-refractivity contribution in [2.24, 2.45) is 5.92 Å². The maximum atomic E-state index is 14.2. The number of hydrogen-bond donors (Lipinski definition) is 4. The summed E-state index contributed by atoms with van der Waals surface area (Å²) < 4.78 is 11.4. The number of nitrogens with zero attached hydrogens (tertiary/aromatic N) is 10. The Hall–Kier alpha value is -7.29. The highest BCUT2D eigenvalue weighted by Crippen LogP contribution is 2.40. The van der Waals surface area contributed by atoms with Crippen molar-refractivity contribution in [1.29, 1.82) is 0 Å². The first kappa shape index (κ1) is 49.9. The Morgan fingerprint density at radius 1 is 0.947 bits per heavy atom. The number of aryl methyl sites for hydroxylation is 1. The van der Waals surface area contributed by atoms with Crippen molar-refractivity contribution in [3.8, 4) is 33.3 Å². The van der Waals surface area contributed by atoms with E-state index >= 15 is 0 Å². The normalized spacial score (nSPS) is 20.2. The number of nitrogens with one attached hydrogen (secondary N) is 2. The van der Waals surface area contributed by atoms with E-state index in [1.54, 1.807) is 28.4 Å². The number of ether oxygens (including phenoxy) is 1. The number of β-amino-alcohol motifs (C(OH)–C–C–N with tert-alkyl or cyclic N) is 1. The van der Waals surface area contributed by atoms with Crippen molar-refractivity contribution in [3.05, 3.63) is 112 Å². The second kappa shape index (κ2) is 21.1. The van der Waals surface area contributed by atoms with Crippen molar-refractivity contribution >= 4 is 46.2 Å². The van der Waals surface area contributed by atoms with Crippen LogP contribution < -0.4 is 15.0 Å². The Labute approximate surface area is 438 Å². The number of aromatic nitrogens is 7. The molecular weight excluding hydrogens is 973 g/mol. The number of carbonyl (C=O) groups is 3. The number of carbonyl (C=O) groups excluding carboxylic acids is 3. The Kier molecular flexibility index (Phi) is 14.1. The Bertz CT molecular complexity index is 3180. The van der Waals surface area contributed by atoms with Crippen LogP contribution in [0.2, 0.25) is 0 Å². The van der Waals surface area contributed by atoms with Crippen molar-refractivity contribution in [3.63, 3.8) is 0 Å². The number of H-pyrrole nitrogens is 1. The van der Waals surface area contributed by atoms with Gasteiger partial charge in [-0.25, -0.2) is 19.7 Å². The number of thiazole rings is 1. The summed E-state index contributed by atoms with van der Waals surface area (Å²) in [5.41, 5.74) is 10.2. The largest absolute Gasteiger partial charge is 0.507 e. The van der Waals surface area contributed by atoms with Crippen LogP contribution in [0.1, 0.15) is 105 Å². The topological polar surface area (TPSA) is 232 Å². The Morgan fingerprint density at radius 3 is 2.43 bits per heavy atom. The molecular formula is C55H62N12O7S. The van der Waals surface area contributed by atoms with Crippen LogP contribution in [0.15, 0.2) is 83.1 Å². The standard InChI is InChI=1S/C55H62N12O7S/c1-31(2)48(53(71)67-29-39(68)23-44(67)52(70)56-26-34-9-11-36(12-10-34)50-32(3)59-30-75-50)46-25-47(63-74-46)73-55(72)65-20-15-38(16-21-65)64-18-13-35(14-19-64)37-27-57-54(58-28-37)66-22-17-42-49(33(66)4)41-24-43(61-62-51(41)60-42)40-7-5-6-8-45(40)69/h5-12,24-25,27-28,30-31,33,35,38-39,44,48,68-69H,13-23,26,29H2,1-4H3,(H,56,70)(H,60,62)/t33-,39-,44+,48-/m1/s1. The molecule has 3 amide bonds. The summed E-state index contributed by atoms with van der Waals surface area (Å²) in [7, 11) is 0. The molecule has 2 aromatic carbocycles. The SMILES string of the molecule is Cc1ncsc1-c1ccc(CNC(=O)[C@@H]2C[C@@H](O)CN2C(=O)[C@@H](c2cc(OC(=O)N3CCC(N4CCC(c5cnc(N6CCc7[nH]c8nnc(-c9ccccc9O)cc8c7[C@H]6C)nc5)CC4)CC3)no2)C(C)C)cc1. The molecule has 9 heterocycles. The molecule has 19 nitrogen and oxygen atoms in total. The van der Waals surface area contributed by atoms with E-state index < -0.39 is 24.2 Å². The third kappa shape index (κ3) is 10.2. The van der Waals surface area contributed by atoms with Gasteiger partial charge in [-0.1, -0.05) is 50.2 Å². The minimum atomic E-state index is -0.868. The molecule has 0 aliphatic carbocycles. The molecule has 0 saturated carbocycles.